The summed E-state index contributed by atoms with van der Waals surface area (Å²) in [5, 5.41) is 15.2. The van der Waals surface area contributed by atoms with Gasteiger partial charge in [-0.2, -0.15) is 0 Å². The van der Waals surface area contributed by atoms with E-state index in [1.54, 1.807) is 6.92 Å². The lowest BCUT2D eigenvalue weighted by Gasteiger charge is -2.27. The van der Waals surface area contributed by atoms with Crippen LogP contribution in [0.15, 0.2) is 0 Å². The van der Waals surface area contributed by atoms with Gasteiger partial charge in [-0.05, 0) is 44.4 Å². The fourth-order valence-corrected chi connectivity index (χ4v) is 2.12. The van der Waals surface area contributed by atoms with E-state index in [-0.39, 0.29) is 23.6 Å². The van der Waals surface area contributed by atoms with Gasteiger partial charge < -0.3 is 15.7 Å². The van der Waals surface area contributed by atoms with Gasteiger partial charge in [0, 0.05) is 12.6 Å². The predicted molar refractivity (Wildman–Crippen MR) is 80.1 cm³/mol. The molecule has 2 amide bonds. The van der Waals surface area contributed by atoms with Crippen molar-refractivity contribution in [1.82, 2.24) is 10.6 Å². The smallest absolute Gasteiger partial charge is 0.315 e. The lowest BCUT2D eigenvalue weighted by atomic mass is 9.87. The predicted octanol–water partition coefficient (Wildman–Crippen LogP) is 2.91. The van der Waals surface area contributed by atoms with Gasteiger partial charge in [-0.15, -0.1) is 0 Å². The average Bonchev–Trinajstić information content (AvgIpc) is 2.22. The van der Waals surface area contributed by atoms with Crippen molar-refractivity contribution >= 4 is 6.03 Å². The first kappa shape index (κ1) is 18.2. The largest absolute Gasteiger partial charge is 0.393 e. The van der Waals surface area contributed by atoms with Crippen LogP contribution < -0.4 is 10.6 Å². The monoisotopic (exact) mass is 272 g/mol. The lowest BCUT2D eigenvalue weighted by molar-refractivity contribution is 0.128. The minimum Gasteiger partial charge on any atom is -0.393 e. The number of aliphatic hydroxyl groups excluding tert-OH is 1. The van der Waals surface area contributed by atoms with E-state index in [1.807, 2.05) is 20.8 Å². The van der Waals surface area contributed by atoms with E-state index in [1.165, 1.54) is 0 Å². The van der Waals surface area contributed by atoms with Gasteiger partial charge in [0.15, 0.2) is 0 Å². The second kappa shape index (κ2) is 8.41. The highest BCUT2D eigenvalue weighted by Gasteiger charge is 2.21. The number of hydrogen-bond donors (Lipinski definition) is 3. The Morgan fingerprint density at radius 1 is 1.16 bits per heavy atom. The maximum atomic E-state index is 11.7. The molecular weight excluding hydrogens is 240 g/mol. The third-order valence-electron chi connectivity index (χ3n) is 3.13. The molecule has 0 saturated heterocycles. The first-order chi connectivity index (χ1) is 8.62. The summed E-state index contributed by atoms with van der Waals surface area (Å²) in [4.78, 5) is 11.7. The first-order valence-electron chi connectivity index (χ1n) is 7.35. The SMILES string of the molecule is CC(C)CCC(C)NC(=O)NCC(C)(C)CC(C)O. The third-order valence-corrected chi connectivity index (χ3v) is 3.13. The van der Waals surface area contributed by atoms with Crippen molar-refractivity contribution in [1.29, 1.82) is 0 Å². The van der Waals surface area contributed by atoms with Gasteiger partial charge in [0.1, 0.15) is 0 Å². The van der Waals surface area contributed by atoms with Gasteiger partial charge in [-0.25, -0.2) is 4.79 Å². The topological polar surface area (TPSA) is 61.4 Å². The van der Waals surface area contributed by atoms with E-state index in [2.05, 4.69) is 24.5 Å². The van der Waals surface area contributed by atoms with Crippen LogP contribution in [0.5, 0.6) is 0 Å². The molecule has 2 unspecified atom stereocenters. The maximum absolute atomic E-state index is 11.7. The summed E-state index contributed by atoms with van der Waals surface area (Å²) in [6.07, 6.45) is 2.46. The minimum atomic E-state index is -0.343. The standard InChI is InChI=1S/C15H32N2O2/c1-11(2)7-8-12(3)17-14(19)16-10-15(5,6)9-13(4)18/h11-13,18H,7-10H2,1-6H3,(H2,16,17,19). The van der Waals surface area contributed by atoms with Crippen molar-refractivity contribution in [3.8, 4) is 0 Å². The Balaban J connectivity index is 3.91. The zero-order chi connectivity index (χ0) is 15.1. The van der Waals surface area contributed by atoms with Crippen LogP contribution in [-0.4, -0.2) is 29.8 Å². The molecule has 4 heteroatoms. The number of rotatable bonds is 8. The van der Waals surface area contributed by atoms with E-state index in [9.17, 15) is 9.90 Å². The highest BCUT2D eigenvalue weighted by atomic mass is 16.3. The maximum Gasteiger partial charge on any atom is 0.315 e. The van der Waals surface area contributed by atoms with Gasteiger partial charge in [0.25, 0.3) is 0 Å². The molecule has 4 nitrogen and oxygen atoms in total. The molecule has 2 atom stereocenters. The summed E-state index contributed by atoms with van der Waals surface area (Å²) in [5.41, 5.74) is -0.0906. The minimum absolute atomic E-state index is 0.0906. The molecule has 0 aromatic heterocycles. The van der Waals surface area contributed by atoms with Crippen LogP contribution in [0.2, 0.25) is 0 Å². The molecule has 0 heterocycles. The van der Waals surface area contributed by atoms with Gasteiger partial charge in [0.05, 0.1) is 6.10 Å². The highest BCUT2D eigenvalue weighted by molar-refractivity contribution is 5.74. The van der Waals surface area contributed by atoms with Crippen LogP contribution in [0, 0.1) is 11.3 Å². The van der Waals surface area contributed by atoms with Crippen molar-refractivity contribution in [2.75, 3.05) is 6.54 Å². The molecule has 0 radical (unpaired) electrons. The molecule has 0 aromatic rings. The van der Waals surface area contributed by atoms with E-state index in [4.69, 9.17) is 0 Å². The summed E-state index contributed by atoms with van der Waals surface area (Å²) in [5.74, 6) is 0.664. The van der Waals surface area contributed by atoms with Crippen molar-refractivity contribution in [2.24, 2.45) is 11.3 Å². The van der Waals surface area contributed by atoms with Crippen molar-refractivity contribution < 1.29 is 9.90 Å². The van der Waals surface area contributed by atoms with Crippen LogP contribution in [0.1, 0.15) is 60.8 Å². The highest BCUT2D eigenvalue weighted by Crippen LogP contribution is 2.20. The molecule has 19 heavy (non-hydrogen) atoms. The second-order valence-corrected chi connectivity index (χ2v) is 6.92. The van der Waals surface area contributed by atoms with Crippen molar-refractivity contribution in [3.63, 3.8) is 0 Å². The van der Waals surface area contributed by atoms with Crippen molar-refractivity contribution in [2.45, 2.75) is 73.0 Å². The molecule has 0 aliphatic rings. The van der Waals surface area contributed by atoms with Crippen molar-refractivity contribution in [3.05, 3.63) is 0 Å². The second-order valence-electron chi connectivity index (χ2n) is 6.92. The Labute approximate surface area is 118 Å². The molecule has 0 spiro atoms. The number of carbonyl (C=O) groups excluding carboxylic acids is 1. The Kier molecular flexibility index (Phi) is 8.07. The number of carbonyl (C=O) groups is 1. The summed E-state index contributed by atoms with van der Waals surface area (Å²) in [6.45, 7) is 12.8. The number of nitrogens with one attached hydrogen (secondary N) is 2. The number of hydrogen-bond acceptors (Lipinski definition) is 2. The van der Waals surface area contributed by atoms with E-state index >= 15 is 0 Å². The molecule has 0 fully saturated rings. The van der Waals surface area contributed by atoms with Gasteiger partial charge in [-0.3, -0.25) is 0 Å². The molecule has 0 bridgehead atoms. The van der Waals surface area contributed by atoms with Crippen LogP contribution in [0.3, 0.4) is 0 Å². The number of amides is 2. The molecule has 0 rings (SSSR count). The zero-order valence-corrected chi connectivity index (χ0v) is 13.4. The van der Waals surface area contributed by atoms with E-state index in [0.29, 0.717) is 18.9 Å². The molecular formula is C15H32N2O2. The Bertz CT molecular complexity index is 263. The number of aliphatic hydroxyl groups is 1. The van der Waals surface area contributed by atoms with Gasteiger partial charge >= 0.3 is 6.03 Å². The van der Waals surface area contributed by atoms with Gasteiger partial charge in [0.2, 0.25) is 0 Å². The lowest BCUT2D eigenvalue weighted by Crippen LogP contribution is -2.44. The average molecular weight is 272 g/mol. The zero-order valence-electron chi connectivity index (χ0n) is 13.4. The van der Waals surface area contributed by atoms with Crippen LogP contribution in [0.4, 0.5) is 4.79 Å². The summed E-state index contributed by atoms with van der Waals surface area (Å²) in [7, 11) is 0. The van der Waals surface area contributed by atoms with Gasteiger partial charge in [-0.1, -0.05) is 27.7 Å². The van der Waals surface area contributed by atoms with E-state index in [0.717, 1.165) is 12.8 Å². The van der Waals surface area contributed by atoms with Crippen LogP contribution >= 0.6 is 0 Å². The van der Waals surface area contributed by atoms with Crippen LogP contribution in [0.25, 0.3) is 0 Å². The fraction of sp³-hybridized carbons (Fsp3) is 0.933. The molecule has 0 aliphatic carbocycles. The normalized spacial score (nSPS) is 15.2. The summed E-state index contributed by atoms with van der Waals surface area (Å²) < 4.78 is 0. The summed E-state index contributed by atoms with van der Waals surface area (Å²) >= 11 is 0. The Morgan fingerprint density at radius 3 is 2.21 bits per heavy atom. The first-order valence-corrected chi connectivity index (χ1v) is 7.35. The molecule has 114 valence electrons. The molecule has 0 aliphatic heterocycles. The molecule has 0 saturated carbocycles. The van der Waals surface area contributed by atoms with E-state index < -0.39 is 0 Å². The molecule has 0 aromatic carbocycles. The summed E-state index contributed by atoms with van der Waals surface area (Å²) in [6, 6.07) is 0.0807. The Hall–Kier alpha value is -0.770. The molecule has 3 N–H and O–H groups in total. The quantitative estimate of drug-likeness (QED) is 0.636. The fourth-order valence-electron chi connectivity index (χ4n) is 2.12. The third kappa shape index (κ3) is 10.8. The number of urea groups is 1. The van der Waals surface area contributed by atoms with Crippen LogP contribution in [-0.2, 0) is 0 Å². The Morgan fingerprint density at radius 2 is 1.74 bits per heavy atom.